The number of benzene rings is 1. The molecule has 1 unspecified atom stereocenters. The van der Waals surface area contributed by atoms with Crippen molar-refractivity contribution >= 4 is 10.0 Å². The molecule has 8 heteroatoms. The number of halogens is 2. The van der Waals surface area contributed by atoms with Crippen LogP contribution in [0.3, 0.4) is 0 Å². The van der Waals surface area contributed by atoms with Crippen LogP contribution < -0.4 is 9.88 Å². The number of ether oxygens (including phenoxy) is 2. The van der Waals surface area contributed by atoms with Gasteiger partial charge in [-0.1, -0.05) is 0 Å². The Labute approximate surface area is 104 Å². The Bertz CT molecular complexity index is 533. The number of sulfonamides is 1. The van der Waals surface area contributed by atoms with Crippen molar-refractivity contribution in [3.8, 4) is 5.75 Å². The third kappa shape index (κ3) is 3.37. The van der Waals surface area contributed by atoms with Gasteiger partial charge in [-0.25, -0.2) is 17.9 Å². The van der Waals surface area contributed by atoms with Crippen LogP contribution >= 0.6 is 0 Å². The van der Waals surface area contributed by atoms with Gasteiger partial charge in [-0.05, 0) is 19.1 Å². The van der Waals surface area contributed by atoms with Crippen molar-refractivity contribution in [1.29, 1.82) is 0 Å². The molecule has 0 saturated heterocycles. The Hall–Kier alpha value is -1.25. The van der Waals surface area contributed by atoms with Crippen LogP contribution in [0.5, 0.6) is 5.75 Å². The van der Waals surface area contributed by atoms with Gasteiger partial charge in [0, 0.05) is 7.11 Å². The van der Waals surface area contributed by atoms with Crippen molar-refractivity contribution in [2.24, 2.45) is 5.14 Å². The van der Waals surface area contributed by atoms with E-state index in [0.717, 1.165) is 12.1 Å². The molecular weight excluding hydrogens is 268 g/mol. The first kappa shape index (κ1) is 14.8. The number of primary sulfonamides is 1. The Morgan fingerprint density at radius 3 is 2.44 bits per heavy atom. The monoisotopic (exact) mass is 281 g/mol. The van der Waals surface area contributed by atoms with Gasteiger partial charge in [0.05, 0.1) is 6.61 Å². The molecule has 0 fully saturated rings. The molecule has 102 valence electrons. The van der Waals surface area contributed by atoms with Gasteiger partial charge in [0.2, 0.25) is 15.8 Å². The summed E-state index contributed by atoms with van der Waals surface area (Å²) in [6.45, 7) is 1.77. The standard InChI is InChI=1S/C10H13F2NO4S/c1-6(5-16-2)17-7-3-4-8(18(13,14)15)10(12)9(7)11/h3-4,6H,5H2,1-2H3,(H2,13,14,15). The fourth-order valence-electron chi connectivity index (χ4n) is 1.31. The molecule has 0 radical (unpaired) electrons. The first-order valence-corrected chi connectivity index (χ1v) is 6.48. The van der Waals surface area contributed by atoms with Crippen LogP contribution in [0.15, 0.2) is 17.0 Å². The van der Waals surface area contributed by atoms with E-state index in [1.165, 1.54) is 7.11 Å². The Balaban J connectivity index is 3.09. The van der Waals surface area contributed by atoms with E-state index < -0.39 is 38.4 Å². The highest BCUT2D eigenvalue weighted by Crippen LogP contribution is 2.25. The van der Waals surface area contributed by atoms with E-state index in [1.807, 2.05) is 0 Å². The first-order valence-electron chi connectivity index (χ1n) is 4.93. The molecular formula is C10H13F2NO4S. The second-order valence-electron chi connectivity index (χ2n) is 3.62. The van der Waals surface area contributed by atoms with Crippen molar-refractivity contribution in [2.45, 2.75) is 17.9 Å². The van der Waals surface area contributed by atoms with Gasteiger partial charge >= 0.3 is 0 Å². The van der Waals surface area contributed by atoms with Gasteiger partial charge in [0.25, 0.3) is 0 Å². The van der Waals surface area contributed by atoms with Crippen molar-refractivity contribution in [3.63, 3.8) is 0 Å². The largest absolute Gasteiger partial charge is 0.485 e. The number of rotatable bonds is 5. The van der Waals surface area contributed by atoms with Gasteiger partial charge in [-0.15, -0.1) is 0 Å². The quantitative estimate of drug-likeness (QED) is 0.874. The van der Waals surface area contributed by atoms with Gasteiger partial charge in [0.1, 0.15) is 11.0 Å². The van der Waals surface area contributed by atoms with E-state index in [1.54, 1.807) is 6.92 Å². The molecule has 1 rings (SSSR count). The molecule has 0 saturated carbocycles. The van der Waals surface area contributed by atoms with E-state index in [-0.39, 0.29) is 6.61 Å². The number of hydrogen-bond acceptors (Lipinski definition) is 4. The van der Waals surface area contributed by atoms with Crippen LogP contribution in [0.2, 0.25) is 0 Å². The lowest BCUT2D eigenvalue weighted by molar-refractivity contribution is 0.0885. The molecule has 0 amide bonds. The van der Waals surface area contributed by atoms with Gasteiger partial charge in [0.15, 0.2) is 11.6 Å². The summed E-state index contributed by atoms with van der Waals surface area (Å²) in [6.07, 6.45) is -0.510. The summed E-state index contributed by atoms with van der Waals surface area (Å²) in [7, 11) is -2.88. The SMILES string of the molecule is COCC(C)Oc1ccc(S(N)(=O)=O)c(F)c1F. The van der Waals surface area contributed by atoms with Crippen molar-refractivity contribution < 1.29 is 26.7 Å². The third-order valence-corrected chi connectivity index (χ3v) is 2.98. The lowest BCUT2D eigenvalue weighted by Crippen LogP contribution is -2.20. The van der Waals surface area contributed by atoms with Crippen LogP contribution in [-0.2, 0) is 14.8 Å². The molecule has 0 spiro atoms. The third-order valence-electron chi connectivity index (χ3n) is 2.05. The van der Waals surface area contributed by atoms with Crippen LogP contribution in [0.4, 0.5) is 8.78 Å². The zero-order valence-electron chi connectivity index (χ0n) is 9.81. The first-order chi connectivity index (χ1) is 8.27. The lowest BCUT2D eigenvalue weighted by Gasteiger charge is -2.15. The topological polar surface area (TPSA) is 78.6 Å². The Kier molecular flexibility index (Phi) is 4.60. The zero-order chi connectivity index (χ0) is 13.9. The highest BCUT2D eigenvalue weighted by atomic mass is 32.2. The molecule has 0 aromatic heterocycles. The van der Waals surface area contributed by atoms with Crippen molar-refractivity contribution in [1.82, 2.24) is 0 Å². The minimum absolute atomic E-state index is 0.179. The summed E-state index contributed by atoms with van der Waals surface area (Å²) in [5.74, 6) is -3.35. The Morgan fingerprint density at radius 1 is 1.33 bits per heavy atom. The van der Waals surface area contributed by atoms with Crippen LogP contribution in [0.25, 0.3) is 0 Å². The maximum absolute atomic E-state index is 13.5. The maximum Gasteiger partial charge on any atom is 0.241 e. The van der Waals surface area contributed by atoms with Crippen LogP contribution in [0, 0.1) is 11.6 Å². The molecule has 1 aromatic rings. The van der Waals surface area contributed by atoms with Gasteiger partial charge in [-0.2, -0.15) is 4.39 Å². The highest BCUT2D eigenvalue weighted by molar-refractivity contribution is 7.89. The minimum atomic E-state index is -4.31. The average molecular weight is 281 g/mol. The minimum Gasteiger partial charge on any atom is -0.485 e. The summed E-state index contributed by atoms with van der Waals surface area (Å²) in [5, 5.41) is 4.73. The zero-order valence-corrected chi connectivity index (χ0v) is 10.6. The predicted octanol–water partition coefficient (Wildman–Crippen LogP) is 1.03. The smallest absolute Gasteiger partial charge is 0.241 e. The molecule has 0 heterocycles. The molecule has 1 aromatic carbocycles. The summed E-state index contributed by atoms with van der Waals surface area (Å²) < 4.78 is 58.7. The average Bonchev–Trinajstić information content (AvgIpc) is 2.23. The van der Waals surface area contributed by atoms with Gasteiger partial charge < -0.3 is 9.47 Å². The molecule has 1 atom stereocenters. The molecule has 0 aliphatic rings. The summed E-state index contributed by atoms with van der Waals surface area (Å²) in [4.78, 5) is -0.910. The normalized spacial score (nSPS) is 13.4. The van der Waals surface area contributed by atoms with E-state index in [0.29, 0.717) is 0 Å². The summed E-state index contributed by atoms with van der Waals surface area (Å²) >= 11 is 0. The summed E-state index contributed by atoms with van der Waals surface area (Å²) in [6, 6.07) is 1.85. The lowest BCUT2D eigenvalue weighted by atomic mass is 10.3. The van der Waals surface area contributed by atoms with E-state index in [4.69, 9.17) is 14.6 Å². The number of nitrogens with two attached hydrogens (primary N) is 1. The van der Waals surface area contributed by atoms with Crippen LogP contribution in [0.1, 0.15) is 6.92 Å². The Morgan fingerprint density at radius 2 is 1.94 bits per heavy atom. The molecule has 0 aliphatic heterocycles. The molecule has 0 bridgehead atoms. The van der Waals surface area contributed by atoms with Gasteiger partial charge in [-0.3, -0.25) is 0 Å². The highest BCUT2D eigenvalue weighted by Gasteiger charge is 2.22. The van der Waals surface area contributed by atoms with Crippen LogP contribution in [-0.4, -0.2) is 28.2 Å². The molecule has 2 N–H and O–H groups in total. The van der Waals surface area contributed by atoms with Crippen molar-refractivity contribution in [2.75, 3.05) is 13.7 Å². The van der Waals surface area contributed by atoms with E-state index in [2.05, 4.69) is 0 Å². The molecule has 18 heavy (non-hydrogen) atoms. The number of methoxy groups -OCH3 is 1. The molecule has 5 nitrogen and oxygen atoms in total. The van der Waals surface area contributed by atoms with E-state index in [9.17, 15) is 17.2 Å². The fourth-order valence-corrected chi connectivity index (χ4v) is 1.91. The van der Waals surface area contributed by atoms with E-state index >= 15 is 0 Å². The predicted molar refractivity (Wildman–Crippen MR) is 59.7 cm³/mol. The molecule has 0 aliphatic carbocycles. The number of hydrogen-bond donors (Lipinski definition) is 1. The maximum atomic E-state index is 13.5. The second-order valence-corrected chi connectivity index (χ2v) is 5.15. The fraction of sp³-hybridized carbons (Fsp3) is 0.400. The van der Waals surface area contributed by atoms with Crippen molar-refractivity contribution in [3.05, 3.63) is 23.8 Å². The summed E-state index contributed by atoms with van der Waals surface area (Å²) in [5.41, 5.74) is 0. The second kappa shape index (κ2) is 5.59.